The van der Waals surface area contributed by atoms with Crippen LogP contribution >= 0.6 is 11.3 Å². The van der Waals surface area contributed by atoms with Crippen LogP contribution in [0.1, 0.15) is 48.9 Å². The van der Waals surface area contributed by atoms with Gasteiger partial charge in [0.15, 0.2) is 0 Å². The second-order valence-corrected chi connectivity index (χ2v) is 8.43. The Bertz CT molecular complexity index is 1070. The molecule has 3 rings (SSSR count). The third-order valence-electron chi connectivity index (χ3n) is 4.63. The van der Waals surface area contributed by atoms with Gasteiger partial charge in [-0.1, -0.05) is 56.4 Å². The normalized spacial score (nSPS) is 19.7. The molecule has 2 heterocycles. The SMILES string of the molecule is C=C(NC1/C=C/C=C\C=C(/C)CC1)c1cc(N)n(/N=C/c2ccc(C)s2)c(=N)c1.CC. The minimum Gasteiger partial charge on any atom is -0.384 e. The van der Waals surface area contributed by atoms with Crippen LogP contribution in [0.3, 0.4) is 0 Å². The van der Waals surface area contributed by atoms with Gasteiger partial charge in [0.05, 0.1) is 6.21 Å². The van der Waals surface area contributed by atoms with Crippen LogP contribution in [0.4, 0.5) is 5.82 Å². The van der Waals surface area contributed by atoms with E-state index in [1.54, 1.807) is 29.7 Å². The molecular weight excluding hydrogens is 402 g/mol. The molecule has 0 fully saturated rings. The summed E-state index contributed by atoms with van der Waals surface area (Å²) in [7, 11) is 0. The van der Waals surface area contributed by atoms with Crippen molar-refractivity contribution in [2.24, 2.45) is 5.10 Å². The molecule has 4 N–H and O–H groups in total. The number of aryl methyl sites for hydroxylation is 1. The molecule has 0 aromatic carbocycles. The van der Waals surface area contributed by atoms with Gasteiger partial charge in [-0.25, -0.2) is 4.68 Å². The van der Waals surface area contributed by atoms with E-state index in [0.29, 0.717) is 5.82 Å². The third kappa shape index (κ3) is 7.26. The first kappa shape index (κ1) is 24.2. The molecule has 2 aromatic heterocycles. The average molecular weight is 436 g/mol. The van der Waals surface area contributed by atoms with Gasteiger partial charge in [0.1, 0.15) is 11.3 Å². The summed E-state index contributed by atoms with van der Waals surface area (Å²) in [6.07, 6.45) is 14.1. The van der Waals surface area contributed by atoms with Crippen LogP contribution in [0.15, 0.2) is 71.9 Å². The highest BCUT2D eigenvalue weighted by Gasteiger charge is 2.10. The lowest BCUT2D eigenvalue weighted by Gasteiger charge is -2.19. The van der Waals surface area contributed by atoms with Gasteiger partial charge in [-0.15, -0.1) is 11.3 Å². The minimum atomic E-state index is 0.163. The van der Waals surface area contributed by atoms with Gasteiger partial charge in [-0.05, 0) is 51.0 Å². The van der Waals surface area contributed by atoms with Crippen LogP contribution in [-0.4, -0.2) is 16.9 Å². The summed E-state index contributed by atoms with van der Waals surface area (Å²) < 4.78 is 1.42. The largest absolute Gasteiger partial charge is 0.384 e. The van der Waals surface area contributed by atoms with Crippen LogP contribution < -0.4 is 16.5 Å². The van der Waals surface area contributed by atoms with Gasteiger partial charge < -0.3 is 11.1 Å². The Kier molecular flexibility index (Phi) is 9.28. The first-order chi connectivity index (χ1) is 14.9. The highest BCUT2D eigenvalue weighted by atomic mass is 32.1. The molecule has 2 aromatic rings. The van der Waals surface area contributed by atoms with Crippen molar-refractivity contribution in [2.45, 2.75) is 46.6 Å². The molecule has 0 radical (unpaired) electrons. The van der Waals surface area contributed by atoms with E-state index < -0.39 is 0 Å². The lowest BCUT2D eigenvalue weighted by atomic mass is 10.1. The predicted octanol–water partition coefficient (Wildman–Crippen LogP) is 5.61. The van der Waals surface area contributed by atoms with Crippen LogP contribution in [0.2, 0.25) is 0 Å². The highest BCUT2D eigenvalue weighted by molar-refractivity contribution is 7.13. The molecule has 5 nitrogen and oxygen atoms in total. The molecule has 0 saturated heterocycles. The van der Waals surface area contributed by atoms with E-state index in [0.717, 1.165) is 29.0 Å². The molecule has 1 aliphatic rings. The standard InChI is InChI=1S/C23H27N5S.C2H6/c1-16-7-5-4-6-8-20(11-9-16)27-18(3)19-13-22(24)28(23(25)14-19)26-15-21-12-10-17(2)29-21;1-2/h4-8,10,12-15,20,24,27H,3,9,11,25H2,1-2H3;1-2H3/b5-4-,8-6+,16-7+,24-22?,26-15+;. The van der Waals surface area contributed by atoms with Crippen molar-refractivity contribution in [3.63, 3.8) is 0 Å². The smallest absolute Gasteiger partial charge is 0.148 e. The molecule has 164 valence electrons. The van der Waals surface area contributed by atoms with Crippen LogP contribution in [0, 0.1) is 12.3 Å². The quantitative estimate of drug-likeness (QED) is 0.534. The molecule has 1 unspecified atom stereocenters. The minimum absolute atomic E-state index is 0.163. The number of thiophene rings is 1. The third-order valence-corrected chi connectivity index (χ3v) is 5.57. The maximum Gasteiger partial charge on any atom is 0.148 e. The Morgan fingerprint density at radius 3 is 2.71 bits per heavy atom. The number of nitrogens with one attached hydrogen (secondary N) is 2. The molecule has 1 atom stereocenters. The number of nitrogen functional groups attached to an aromatic ring is 1. The summed E-state index contributed by atoms with van der Waals surface area (Å²) in [5.74, 6) is 0.395. The van der Waals surface area contributed by atoms with Crippen molar-refractivity contribution in [3.8, 4) is 0 Å². The number of nitrogens with two attached hydrogens (primary N) is 1. The van der Waals surface area contributed by atoms with Gasteiger partial charge in [0.2, 0.25) is 0 Å². The highest BCUT2D eigenvalue weighted by Crippen LogP contribution is 2.17. The monoisotopic (exact) mass is 435 g/mol. The summed E-state index contributed by atoms with van der Waals surface area (Å²) in [6.45, 7) is 12.4. The van der Waals surface area contributed by atoms with E-state index in [-0.39, 0.29) is 11.5 Å². The van der Waals surface area contributed by atoms with Crippen molar-refractivity contribution < 1.29 is 0 Å². The van der Waals surface area contributed by atoms with Crippen molar-refractivity contribution in [1.82, 2.24) is 9.99 Å². The van der Waals surface area contributed by atoms with Crippen molar-refractivity contribution in [2.75, 3.05) is 5.73 Å². The topological polar surface area (TPSA) is 79.2 Å². The molecule has 0 aliphatic heterocycles. The van der Waals surface area contributed by atoms with Crippen molar-refractivity contribution in [1.29, 1.82) is 5.41 Å². The summed E-state index contributed by atoms with van der Waals surface area (Å²) in [5, 5.41) is 16.1. The summed E-state index contributed by atoms with van der Waals surface area (Å²) in [5.41, 5.74) is 9.27. The fourth-order valence-electron chi connectivity index (χ4n) is 3.02. The Morgan fingerprint density at radius 1 is 1.26 bits per heavy atom. The first-order valence-corrected chi connectivity index (χ1v) is 11.4. The zero-order valence-corrected chi connectivity index (χ0v) is 19.7. The lowest BCUT2D eigenvalue weighted by Crippen LogP contribution is -2.27. The molecule has 0 bridgehead atoms. The second kappa shape index (κ2) is 11.9. The number of anilines is 1. The Labute approximate surface area is 189 Å². The molecule has 31 heavy (non-hydrogen) atoms. The second-order valence-electron chi connectivity index (χ2n) is 7.11. The maximum atomic E-state index is 8.33. The van der Waals surface area contributed by atoms with Gasteiger partial charge in [0.25, 0.3) is 0 Å². The van der Waals surface area contributed by atoms with E-state index in [2.05, 4.69) is 42.1 Å². The van der Waals surface area contributed by atoms with Gasteiger partial charge in [0, 0.05) is 27.1 Å². The molecule has 0 amide bonds. The fraction of sp³-hybridized carbons (Fsp3) is 0.280. The molecular formula is C25H33N5S. The molecule has 1 aliphatic carbocycles. The van der Waals surface area contributed by atoms with Crippen molar-refractivity contribution in [3.05, 3.63) is 87.6 Å². The van der Waals surface area contributed by atoms with E-state index in [9.17, 15) is 0 Å². The number of aromatic nitrogens is 1. The molecule has 0 spiro atoms. The molecule has 0 saturated carbocycles. The van der Waals surface area contributed by atoms with E-state index >= 15 is 0 Å². The van der Waals surface area contributed by atoms with Crippen molar-refractivity contribution >= 4 is 29.1 Å². The maximum absolute atomic E-state index is 8.33. The Hall–Kier alpha value is -3.12. The number of pyridine rings is 1. The number of allylic oxidation sites excluding steroid dienone is 5. The summed E-state index contributed by atoms with van der Waals surface area (Å²) in [4.78, 5) is 2.24. The summed E-state index contributed by atoms with van der Waals surface area (Å²) >= 11 is 1.65. The van der Waals surface area contributed by atoms with Gasteiger partial charge in [-0.3, -0.25) is 5.41 Å². The number of nitrogens with zero attached hydrogens (tertiary/aromatic N) is 2. The molecule has 6 heteroatoms. The van der Waals surface area contributed by atoms with Crippen LogP contribution in [0.25, 0.3) is 5.70 Å². The average Bonchev–Trinajstić information content (AvgIpc) is 3.20. The summed E-state index contributed by atoms with van der Waals surface area (Å²) in [6, 6.07) is 7.73. The predicted molar refractivity (Wildman–Crippen MR) is 135 cm³/mol. The van der Waals surface area contributed by atoms with E-state index in [4.69, 9.17) is 11.1 Å². The van der Waals surface area contributed by atoms with Gasteiger partial charge >= 0.3 is 0 Å². The Morgan fingerprint density at radius 2 is 2.03 bits per heavy atom. The zero-order chi connectivity index (χ0) is 22.8. The number of rotatable bonds is 5. The van der Waals surface area contributed by atoms with E-state index in [1.165, 1.54) is 15.1 Å². The number of hydrogen-bond donors (Lipinski definition) is 3. The first-order valence-electron chi connectivity index (χ1n) is 10.6. The fourth-order valence-corrected chi connectivity index (χ4v) is 3.77. The number of hydrogen-bond acceptors (Lipinski definition) is 5. The zero-order valence-electron chi connectivity index (χ0n) is 18.9. The van der Waals surface area contributed by atoms with Crippen LogP contribution in [-0.2, 0) is 0 Å². The van der Waals surface area contributed by atoms with E-state index in [1.807, 2.05) is 45.1 Å². The Balaban J connectivity index is 0.00000166. The van der Waals surface area contributed by atoms with Crippen LogP contribution in [0.5, 0.6) is 0 Å². The van der Waals surface area contributed by atoms with Gasteiger partial charge in [-0.2, -0.15) is 5.10 Å². The lowest BCUT2D eigenvalue weighted by molar-refractivity contribution is 0.646.